The van der Waals surface area contributed by atoms with Gasteiger partial charge in [0.05, 0.1) is 6.10 Å². The topological polar surface area (TPSA) is 83.5 Å². The van der Waals surface area contributed by atoms with Gasteiger partial charge in [-0.3, -0.25) is 0 Å². The Morgan fingerprint density at radius 3 is 2.30 bits per heavy atom. The van der Waals surface area contributed by atoms with Gasteiger partial charge < -0.3 is 15.9 Å². The lowest BCUT2D eigenvalue weighted by molar-refractivity contribution is -0.192. The normalized spacial score (nSPS) is 25.2. The molecule has 1 aromatic carbocycles. The van der Waals surface area contributed by atoms with Gasteiger partial charge in [-0.05, 0) is 24.1 Å². The quantitative estimate of drug-likeness (QED) is 0.742. The molecule has 20 heavy (non-hydrogen) atoms. The summed E-state index contributed by atoms with van der Waals surface area (Å²) in [6, 6.07) is 7.53. The fourth-order valence-electron chi connectivity index (χ4n) is 1.75. The minimum Gasteiger partial charge on any atom is -0.475 e. The molecular formula is C12H13ClF3NO3. The molecule has 0 bridgehead atoms. The largest absolute Gasteiger partial charge is 0.490 e. The van der Waals surface area contributed by atoms with E-state index >= 15 is 0 Å². The monoisotopic (exact) mass is 311 g/mol. The van der Waals surface area contributed by atoms with Crippen molar-refractivity contribution in [1.82, 2.24) is 0 Å². The van der Waals surface area contributed by atoms with Gasteiger partial charge in [-0.1, -0.05) is 23.7 Å². The number of hydrogen-bond acceptors (Lipinski definition) is 3. The van der Waals surface area contributed by atoms with Crippen molar-refractivity contribution in [3.63, 3.8) is 0 Å². The van der Waals surface area contributed by atoms with Crippen LogP contribution >= 0.6 is 11.6 Å². The predicted molar refractivity (Wildman–Crippen MR) is 66.5 cm³/mol. The lowest BCUT2D eigenvalue weighted by Gasteiger charge is -2.39. The molecule has 3 unspecified atom stereocenters. The van der Waals surface area contributed by atoms with Gasteiger partial charge in [-0.2, -0.15) is 13.2 Å². The molecule has 0 saturated heterocycles. The first-order valence-electron chi connectivity index (χ1n) is 5.62. The summed E-state index contributed by atoms with van der Waals surface area (Å²) in [5.74, 6) is -2.58. The Morgan fingerprint density at radius 2 is 1.95 bits per heavy atom. The maximum Gasteiger partial charge on any atom is 0.490 e. The van der Waals surface area contributed by atoms with Gasteiger partial charge in [0, 0.05) is 17.0 Å². The van der Waals surface area contributed by atoms with E-state index in [2.05, 4.69) is 0 Å². The molecule has 3 atom stereocenters. The van der Waals surface area contributed by atoms with Crippen LogP contribution in [0.5, 0.6) is 0 Å². The number of hydrogen-bond donors (Lipinski definition) is 3. The highest BCUT2D eigenvalue weighted by Gasteiger charge is 2.38. The lowest BCUT2D eigenvalue weighted by Crippen LogP contribution is -2.50. The smallest absolute Gasteiger partial charge is 0.475 e. The molecular weight excluding hydrogens is 299 g/mol. The van der Waals surface area contributed by atoms with E-state index in [1.807, 2.05) is 24.3 Å². The number of aliphatic hydroxyl groups excluding tert-OH is 1. The molecule has 112 valence electrons. The van der Waals surface area contributed by atoms with Gasteiger partial charge in [0.2, 0.25) is 0 Å². The lowest BCUT2D eigenvalue weighted by atomic mass is 9.73. The Bertz CT molecular complexity index is 481. The predicted octanol–water partition coefficient (Wildman–Crippen LogP) is 2.15. The Balaban J connectivity index is 0.000000246. The summed E-state index contributed by atoms with van der Waals surface area (Å²) in [5.41, 5.74) is 6.69. The van der Waals surface area contributed by atoms with Crippen LogP contribution in [0.1, 0.15) is 17.9 Å². The zero-order chi connectivity index (χ0) is 15.5. The number of aliphatic carboxylic acids is 1. The number of aliphatic hydroxyl groups is 1. The maximum absolute atomic E-state index is 10.6. The molecule has 8 heteroatoms. The van der Waals surface area contributed by atoms with Gasteiger partial charge in [0.1, 0.15) is 0 Å². The fraction of sp³-hybridized carbons (Fsp3) is 0.417. The molecule has 0 heterocycles. The second-order valence-electron chi connectivity index (χ2n) is 4.35. The summed E-state index contributed by atoms with van der Waals surface area (Å²) in [5, 5.41) is 17.4. The minimum atomic E-state index is -5.08. The third-order valence-corrected chi connectivity index (χ3v) is 3.13. The van der Waals surface area contributed by atoms with Gasteiger partial charge in [0.15, 0.2) is 0 Å². The molecule has 0 amide bonds. The molecule has 4 N–H and O–H groups in total. The summed E-state index contributed by atoms with van der Waals surface area (Å²) in [7, 11) is 0. The summed E-state index contributed by atoms with van der Waals surface area (Å²) in [6.07, 6.45) is -4.64. The third kappa shape index (κ3) is 4.36. The molecule has 1 aliphatic carbocycles. The van der Waals surface area contributed by atoms with Crippen LogP contribution in [0.2, 0.25) is 5.02 Å². The number of benzene rings is 1. The molecule has 0 spiro atoms. The highest BCUT2D eigenvalue weighted by atomic mass is 35.5. The van der Waals surface area contributed by atoms with Crippen molar-refractivity contribution < 1.29 is 28.2 Å². The number of nitrogens with two attached hydrogens (primary N) is 1. The van der Waals surface area contributed by atoms with E-state index in [-0.39, 0.29) is 12.0 Å². The van der Waals surface area contributed by atoms with Crippen molar-refractivity contribution in [3.8, 4) is 0 Å². The van der Waals surface area contributed by atoms with Crippen LogP contribution in [-0.2, 0) is 4.79 Å². The van der Waals surface area contributed by atoms with Crippen molar-refractivity contribution in [2.75, 3.05) is 0 Å². The van der Waals surface area contributed by atoms with Crippen molar-refractivity contribution in [3.05, 3.63) is 34.9 Å². The summed E-state index contributed by atoms with van der Waals surface area (Å²) >= 11 is 5.84. The van der Waals surface area contributed by atoms with Crippen LogP contribution < -0.4 is 5.73 Å². The highest BCUT2D eigenvalue weighted by Crippen LogP contribution is 2.36. The Morgan fingerprint density at radius 1 is 1.40 bits per heavy atom. The Hall–Kier alpha value is -1.31. The van der Waals surface area contributed by atoms with Crippen molar-refractivity contribution in [2.45, 2.75) is 30.7 Å². The molecule has 0 aliphatic heterocycles. The van der Waals surface area contributed by atoms with E-state index in [1.165, 1.54) is 0 Å². The number of rotatable bonds is 1. The minimum absolute atomic E-state index is 0.0658. The molecule has 1 aliphatic rings. The van der Waals surface area contributed by atoms with E-state index in [4.69, 9.17) is 27.2 Å². The van der Waals surface area contributed by atoms with E-state index < -0.39 is 18.2 Å². The van der Waals surface area contributed by atoms with Gasteiger partial charge in [0.25, 0.3) is 0 Å². The van der Waals surface area contributed by atoms with E-state index in [0.717, 1.165) is 12.0 Å². The van der Waals surface area contributed by atoms with Crippen LogP contribution in [0, 0.1) is 0 Å². The van der Waals surface area contributed by atoms with Crippen molar-refractivity contribution in [1.29, 1.82) is 0 Å². The van der Waals surface area contributed by atoms with E-state index in [9.17, 15) is 18.3 Å². The van der Waals surface area contributed by atoms with Gasteiger partial charge in [-0.15, -0.1) is 0 Å². The fourth-order valence-corrected chi connectivity index (χ4v) is 1.94. The first-order valence-corrected chi connectivity index (χ1v) is 6.00. The number of carboxylic acid groups (broad SMARTS) is 1. The molecule has 1 fully saturated rings. The van der Waals surface area contributed by atoms with Gasteiger partial charge >= 0.3 is 12.1 Å². The van der Waals surface area contributed by atoms with E-state index in [0.29, 0.717) is 5.02 Å². The van der Waals surface area contributed by atoms with Crippen molar-refractivity contribution in [2.24, 2.45) is 5.73 Å². The van der Waals surface area contributed by atoms with Crippen LogP contribution in [0.4, 0.5) is 13.2 Å². The average molecular weight is 312 g/mol. The number of halogens is 4. The van der Waals surface area contributed by atoms with Crippen molar-refractivity contribution >= 4 is 17.6 Å². The molecule has 2 rings (SSSR count). The number of carbonyl (C=O) groups is 1. The second-order valence-corrected chi connectivity index (χ2v) is 4.79. The zero-order valence-electron chi connectivity index (χ0n) is 10.1. The molecule has 0 radical (unpaired) electrons. The number of alkyl halides is 3. The van der Waals surface area contributed by atoms with Gasteiger partial charge in [-0.25, -0.2) is 4.79 Å². The second kappa shape index (κ2) is 6.43. The average Bonchev–Trinajstić information content (AvgIpc) is 2.35. The molecule has 1 saturated carbocycles. The molecule has 4 nitrogen and oxygen atoms in total. The van der Waals surface area contributed by atoms with Crippen LogP contribution in [0.25, 0.3) is 0 Å². The standard InChI is InChI=1S/C10H12ClNO.C2HF3O2/c11-7-3-1-2-6(4-7)8-5-9(12)10(8)13;3-2(4,5)1(6)7/h1-4,8-10,13H,5,12H2;(H,6,7). The Kier molecular flexibility index (Phi) is 5.38. The first-order chi connectivity index (χ1) is 9.12. The summed E-state index contributed by atoms with van der Waals surface area (Å²) in [6.45, 7) is 0. The highest BCUT2D eigenvalue weighted by molar-refractivity contribution is 6.30. The van der Waals surface area contributed by atoms with Crippen LogP contribution in [-0.4, -0.2) is 34.5 Å². The van der Waals surface area contributed by atoms with Crippen LogP contribution in [0.15, 0.2) is 24.3 Å². The maximum atomic E-state index is 10.6. The summed E-state index contributed by atoms with van der Waals surface area (Å²) in [4.78, 5) is 8.90. The first kappa shape index (κ1) is 16.7. The number of carboxylic acids is 1. The molecule has 1 aromatic rings. The zero-order valence-corrected chi connectivity index (χ0v) is 10.9. The summed E-state index contributed by atoms with van der Waals surface area (Å²) < 4.78 is 31.7. The van der Waals surface area contributed by atoms with E-state index in [1.54, 1.807) is 0 Å². The third-order valence-electron chi connectivity index (χ3n) is 2.90. The van der Waals surface area contributed by atoms with Crippen LogP contribution in [0.3, 0.4) is 0 Å². The Labute approximate surface area is 118 Å². The molecule has 0 aromatic heterocycles. The SMILES string of the molecule is NC1CC(c2cccc(Cl)c2)C1O.O=C(O)C(F)(F)F.